The Hall–Kier alpha value is -0.720. The molecular formula is C13H23NO2. The maximum atomic E-state index is 4.71. The van der Waals surface area contributed by atoms with Crippen LogP contribution in [0.25, 0.3) is 0 Å². The lowest BCUT2D eigenvalue weighted by Gasteiger charge is -2.03. The van der Waals surface area contributed by atoms with Gasteiger partial charge in [-0.15, -0.1) is 0 Å². The summed E-state index contributed by atoms with van der Waals surface area (Å²) in [4.78, 5) is 9.37. The van der Waals surface area contributed by atoms with Crippen molar-refractivity contribution in [1.29, 1.82) is 0 Å². The van der Waals surface area contributed by atoms with Gasteiger partial charge < -0.3 is 0 Å². The van der Waals surface area contributed by atoms with Crippen LogP contribution in [0.5, 0.6) is 0 Å². The van der Waals surface area contributed by atoms with E-state index >= 15 is 0 Å². The minimum absolute atomic E-state index is 0.835. The summed E-state index contributed by atoms with van der Waals surface area (Å²) >= 11 is 0. The Balaban J connectivity index is 2.10. The van der Waals surface area contributed by atoms with Crippen molar-refractivity contribution >= 4 is 0 Å². The molecule has 1 N–H and O–H groups in total. The number of nitrogens with one attached hydrogen (secondary N) is 1. The molecule has 0 radical (unpaired) electrons. The molecule has 1 rings (SSSR count). The average molecular weight is 225 g/mol. The quantitative estimate of drug-likeness (QED) is 0.507. The topological polar surface area (TPSA) is 30.5 Å². The number of rotatable bonds is 0. The van der Waals surface area contributed by atoms with Gasteiger partial charge in [0.1, 0.15) is 0 Å². The zero-order chi connectivity index (χ0) is 11.3. The lowest BCUT2D eigenvalue weighted by Crippen LogP contribution is -2.14. The Morgan fingerprint density at radius 3 is 2.12 bits per heavy atom. The second-order valence-corrected chi connectivity index (χ2v) is 4.27. The molecule has 0 aromatic heterocycles. The Kier molecular flexibility index (Phi) is 9.00. The molecule has 0 bridgehead atoms. The predicted molar refractivity (Wildman–Crippen MR) is 64.1 cm³/mol. The highest BCUT2D eigenvalue weighted by atomic mass is 17.3. The molecule has 3 nitrogen and oxygen atoms in total. The minimum atomic E-state index is 0.835. The second-order valence-electron chi connectivity index (χ2n) is 4.27. The van der Waals surface area contributed by atoms with E-state index in [0.29, 0.717) is 0 Å². The summed E-state index contributed by atoms with van der Waals surface area (Å²) in [7, 11) is 0. The molecule has 0 unspecified atom stereocenters. The maximum absolute atomic E-state index is 4.71. The summed E-state index contributed by atoms with van der Waals surface area (Å²) in [5, 5.41) is 0. The summed E-state index contributed by atoms with van der Waals surface area (Å²) in [5.74, 6) is 2.93. The van der Waals surface area contributed by atoms with Gasteiger partial charge in [-0.25, -0.2) is 0 Å². The molecule has 0 aliphatic carbocycles. The Labute approximate surface area is 98.8 Å². The predicted octanol–water partition coefficient (Wildman–Crippen LogP) is 3.31. The van der Waals surface area contributed by atoms with Crippen LogP contribution in [0.4, 0.5) is 0 Å². The van der Waals surface area contributed by atoms with E-state index in [1.807, 2.05) is 0 Å². The molecule has 0 saturated carbocycles. The van der Waals surface area contributed by atoms with Crippen LogP contribution in [0, 0.1) is 12.0 Å². The van der Waals surface area contributed by atoms with E-state index in [1.165, 1.54) is 51.4 Å². The maximum Gasteiger partial charge on any atom is 0.159 e. The average Bonchev–Trinajstić information content (AvgIpc) is 2.29. The first-order valence-corrected chi connectivity index (χ1v) is 6.53. The van der Waals surface area contributed by atoms with Gasteiger partial charge in [0.05, 0.1) is 0 Å². The van der Waals surface area contributed by atoms with Crippen molar-refractivity contribution in [2.24, 2.45) is 0 Å². The van der Waals surface area contributed by atoms with Crippen LogP contribution in [-0.2, 0) is 9.88 Å². The van der Waals surface area contributed by atoms with Crippen molar-refractivity contribution in [3.63, 3.8) is 0 Å². The molecule has 0 aromatic carbocycles. The van der Waals surface area contributed by atoms with E-state index < -0.39 is 0 Å². The van der Waals surface area contributed by atoms with Crippen molar-refractivity contribution in [2.45, 2.75) is 64.2 Å². The highest BCUT2D eigenvalue weighted by Gasteiger charge is 1.93. The summed E-state index contributed by atoms with van der Waals surface area (Å²) in [6.07, 6.45) is 15.1. The van der Waals surface area contributed by atoms with Gasteiger partial charge in [-0.1, -0.05) is 55.9 Å². The van der Waals surface area contributed by atoms with Crippen LogP contribution in [0.3, 0.4) is 0 Å². The molecule has 0 spiro atoms. The van der Waals surface area contributed by atoms with E-state index in [4.69, 9.17) is 4.99 Å². The van der Waals surface area contributed by atoms with E-state index in [0.717, 1.165) is 19.4 Å². The summed E-state index contributed by atoms with van der Waals surface area (Å²) in [5.41, 5.74) is 2.74. The largest absolute Gasteiger partial charge is 0.264 e. The van der Waals surface area contributed by atoms with Crippen LogP contribution in [0.1, 0.15) is 64.2 Å². The third kappa shape index (κ3) is 8.58. The highest BCUT2D eigenvalue weighted by molar-refractivity contribution is 4.90. The minimum Gasteiger partial charge on any atom is -0.264 e. The van der Waals surface area contributed by atoms with Gasteiger partial charge in [0.15, 0.2) is 6.11 Å². The number of hydroxylamine groups is 1. The van der Waals surface area contributed by atoms with Gasteiger partial charge in [0, 0.05) is 13.0 Å². The number of hydrogen-bond donors (Lipinski definition) is 1. The molecule has 0 saturated heterocycles. The summed E-state index contributed by atoms with van der Waals surface area (Å²) < 4.78 is 0. The van der Waals surface area contributed by atoms with Gasteiger partial charge in [0.2, 0.25) is 0 Å². The van der Waals surface area contributed by atoms with E-state index in [9.17, 15) is 0 Å². The lowest BCUT2D eigenvalue weighted by molar-refractivity contribution is -0.285. The van der Waals surface area contributed by atoms with E-state index in [1.54, 1.807) is 0 Å². The van der Waals surface area contributed by atoms with Crippen molar-refractivity contribution < 1.29 is 9.88 Å². The van der Waals surface area contributed by atoms with Crippen molar-refractivity contribution in [3.8, 4) is 12.0 Å². The zero-order valence-corrected chi connectivity index (χ0v) is 10.1. The molecule has 0 atom stereocenters. The van der Waals surface area contributed by atoms with Gasteiger partial charge in [-0.3, -0.25) is 4.89 Å². The Morgan fingerprint density at radius 2 is 1.38 bits per heavy atom. The van der Waals surface area contributed by atoms with Crippen LogP contribution in [-0.4, -0.2) is 6.54 Å². The molecule has 92 valence electrons. The van der Waals surface area contributed by atoms with Crippen molar-refractivity contribution in [1.82, 2.24) is 5.48 Å². The van der Waals surface area contributed by atoms with E-state index in [-0.39, 0.29) is 0 Å². The SMILES string of the molecule is C1#COONCCCCCCCCCCC1. The first kappa shape index (κ1) is 13.3. The van der Waals surface area contributed by atoms with Crippen molar-refractivity contribution in [3.05, 3.63) is 0 Å². The molecule has 1 aliphatic rings. The second kappa shape index (κ2) is 10.8. The van der Waals surface area contributed by atoms with Crippen LogP contribution < -0.4 is 5.48 Å². The third-order valence-electron chi connectivity index (χ3n) is 2.80. The van der Waals surface area contributed by atoms with Crippen LogP contribution >= 0.6 is 0 Å². The van der Waals surface area contributed by atoms with Gasteiger partial charge >= 0.3 is 0 Å². The first-order chi connectivity index (χ1) is 8.00. The summed E-state index contributed by atoms with van der Waals surface area (Å²) in [6.45, 7) is 0.835. The van der Waals surface area contributed by atoms with Gasteiger partial charge in [0.25, 0.3) is 0 Å². The van der Waals surface area contributed by atoms with Crippen LogP contribution in [0.15, 0.2) is 0 Å². The first-order valence-electron chi connectivity index (χ1n) is 6.53. The molecular weight excluding hydrogens is 202 g/mol. The smallest absolute Gasteiger partial charge is 0.159 e. The molecule has 1 aliphatic heterocycles. The lowest BCUT2D eigenvalue weighted by atomic mass is 10.1. The Morgan fingerprint density at radius 1 is 0.750 bits per heavy atom. The fourth-order valence-corrected chi connectivity index (χ4v) is 1.82. The standard InChI is InChI=1S/C13H23NO2/c1-2-4-6-8-10-12-14-16-15-13-11-9-7-5-3-1/h14H,1-10,12H2. The van der Waals surface area contributed by atoms with Crippen LogP contribution in [0.2, 0.25) is 0 Å². The fraction of sp³-hybridized carbons (Fsp3) is 0.846. The molecule has 0 aromatic rings. The van der Waals surface area contributed by atoms with Gasteiger partial charge in [-0.2, -0.15) is 5.48 Å². The third-order valence-corrected chi connectivity index (χ3v) is 2.80. The van der Waals surface area contributed by atoms with E-state index in [2.05, 4.69) is 22.4 Å². The molecule has 1 heterocycles. The Bertz CT molecular complexity index is 188. The van der Waals surface area contributed by atoms with Crippen molar-refractivity contribution in [2.75, 3.05) is 6.54 Å². The molecule has 0 fully saturated rings. The number of hydrogen-bond acceptors (Lipinski definition) is 3. The highest BCUT2D eigenvalue weighted by Crippen LogP contribution is 2.10. The normalized spacial score (nSPS) is 21.5. The molecule has 0 amide bonds. The summed E-state index contributed by atoms with van der Waals surface area (Å²) in [6, 6.07) is 0. The fourth-order valence-electron chi connectivity index (χ4n) is 1.82. The molecule has 16 heavy (non-hydrogen) atoms. The molecule has 3 heteroatoms. The monoisotopic (exact) mass is 225 g/mol. The van der Waals surface area contributed by atoms with Gasteiger partial charge in [-0.05, 0) is 12.8 Å². The zero-order valence-electron chi connectivity index (χ0n) is 10.1.